The van der Waals surface area contributed by atoms with Gasteiger partial charge >= 0.3 is 6.18 Å². The lowest BCUT2D eigenvalue weighted by molar-refractivity contribution is -0.139. The van der Waals surface area contributed by atoms with E-state index in [2.05, 4.69) is 0 Å². The number of hydrogen-bond acceptors (Lipinski definition) is 3. The molecule has 1 aliphatic rings. The van der Waals surface area contributed by atoms with Crippen LogP contribution in [0.1, 0.15) is 11.1 Å². The molecule has 26 heavy (non-hydrogen) atoms. The molecule has 0 saturated carbocycles. The number of nitrogens with zero attached hydrogens (tertiary/aromatic N) is 1. The molecule has 0 saturated heterocycles. The number of sulfonamides is 1. The molecule has 3 rings (SSSR count). The molecule has 0 unspecified atom stereocenters. The Morgan fingerprint density at radius 3 is 2.42 bits per heavy atom. The average Bonchev–Trinajstić information content (AvgIpc) is 2.71. The monoisotopic (exact) mass is 383 g/mol. The van der Waals surface area contributed by atoms with E-state index < -0.39 is 26.7 Å². The van der Waals surface area contributed by atoms with E-state index in [1.807, 2.05) is 0 Å². The molecule has 0 N–H and O–H groups in total. The van der Waals surface area contributed by atoms with Crippen molar-refractivity contribution >= 4 is 10.0 Å². The minimum absolute atomic E-state index is 0.0494. The molecule has 4 nitrogen and oxygen atoms in total. The van der Waals surface area contributed by atoms with Crippen LogP contribution in [0.25, 0.3) is 0 Å². The number of alkyl halides is 3. The number of fused-ring (bicyclic) bond motifs is 1. The summed E-state index contributed by atoms with van der Waals surface area (Å²) in [6, 6.07) is 11.1. The van der Waals surface area contributed by atoms with Gasteiger partial charge in [0.25, 0.3) is 0 Å². The molecule has 1 aliphatic heterocycles. The van der Waals surface area contributed by atoms with Crippen molar-refractivity contribution < 1.29 is 26.3 Å². The Morgan fingerprint density at radius 1 is 0.962 bits per heavy atom. The number of halogens is 3. The summed E-state index contributed by atoms with van der Waals surface area (Å²) in [5, 5.41) is 0. The van der Waals surface area contributed by atoms with Gasteiger partial charge in [0.1, 0.15) is 12.4 Å². The van der Waals surface area contributed by atoms with Gasteiger partial charge in [-0.15, -0.1) is 0 Å². The van der Waals surface area contributed by atoms with Crippen LogP contribution in [-0.2, 0) is 22.7 Å². The fourth-order valence-electron chi connectivity index (χ4n) is 2.68. The number of rotatable bonds is 2. The normalized spacial score (nSPS) is 17.3. The lowest BCUT2D eigenvalue weighted by atomic mass is 10.2. The van der Waals surface area contributed by atoms with Crippen LogP contribution in [0.15, 0.2) is 65.6 Å². The number of ether oxygens (including phenoxy) is 1. The molecule has 138 valence electrons. The number of benzene rings is 2. The highest BCUT2D eigenvalue weighted by Gasteiger charge is 2.38. The zero-order valence-corrected chi connectivity index (χ0v) is 14.4. The summed E-state index contributed by atoms with van der Waals surface area (Å²) >= 11 is 0. The van der Waals surface area contributed by atoms with Crippen molar-refractivity contribution in [2.45, 2.75) is 17.6 Å². The van der Waals surface area contributed by atoms with Gasteiger partial charge in [-0.25, -0.2) is 8.42 Å². The van der Waals surface area contributed by atoms with Crippen LogP contribution >= 0.6 is 0 Å². The average molecular weight is 383 g/mol. The fourth-order valence-corrected chi connectivity index (χ4v) is 4.26. The molecule has 2 aromatic carbocycles. The Kier molecular flexibility index (Phi) is 5.06. The fraction of sp³-hybridized carbons (Fsp3) is 0.222. The van der Waals surface area contributed by atoms with Gasteiger partial charge in [-0.1, -0.05) is 42.5 Å². The van der Waals surface area contributed by atoms with Gasteiger partial charge in [0.15, 0.2) is 0 Å². The van der Waals surface area contributed by atoms with Crippen molar-refractivity contribution in [3.05, 3.63) is 71.8 Å². The predicted octanol–water partition coefficient (Wildman–Crippen LogP) is 3.84. The first-order valence-corrected chi connectivity index (χ1v) is 9.26. The van der Waals surface area contributed by atoms with Gasteiger partial charge in [-0.2, -0.15) is 17.5 Å². The van der Waals surface area contributed by atoms with E-state index in [1.165, 1.54) is 12.1 Å². The third-order valence-corrected chi connectivity index (χ3v) is 5.81. The van der Waals surface area contributed by atoms with Crippen LogP contribution in [-0.4, -0.2) is 25.9 Å². The first-order valence-electron chi connectivity index (χ1n) is 7.82. The molecule has 0 radical (unpaired) electrons. The minimum Gasteiger partial charge on any atom is -0.489 e. The van der Waals surface area contributed by atoms with Crippen molar-refractivity contribution in [3.63, 3.8) is 0 Å². The van der Waals surface area contributed by atoms with Crippen molar-refractivity contribution in [1.29, 1.82) is 0 Å². The molecule has 0 atom stereocenters. The molecule has 0 aliphatic carbocycles. The first kappa shape index (κ1) is 18.5. The second kappa shape index (κ2) is 7.13. The summed E-state index contributed by atoms with van der Waals surface area (Å²) in [5.41, 5.74) is -0.586. The SMILES string of the molecule is O=S(=O)(c1ccccc1C(F)(F)F)N1C/C=C\COc2ccccc2C1. The standard InChI is InChI=1S/C18H16F3NO3S/c19-18(20,21)15-8-2-4-10-17(15)26(23,24)22-11-5-6-12-25-16-9-3-1-7-14(16)13-22/h1-10H,11-13H2/b6-5-. The Labute approximate surface area is 149 Å². The maximum atomic E-state index is 13.3. The third-order valence-electron chi connectivity index (χ3n) is 3.94. The molecule has 0 amide bonds. The van der Waals surface area contributed by atoms with E-state index in [-0.39, 0.29) is 19.7 Å². The summed E-state index contributed by atoms with van der Waals surface area (Å²) in [6.45, 7) is 0.116. The third kappa shape index (κ3) is 3.76. The first-order chi connectivity index (χ1) is 12.3. The van der Waals surface area contributed by atoms with Crippen LogP contribution in [0.2, 0.25) is 0 Å². The summed E-state index contributed by atoms with van der Waals surface area (Å²) in [7, 11) is -4.37. The van der Waals surface area contributed by atoms with Gasteiger partial charge in [-0.05, 0) is 18.2 Å². The Hall–Kier alpha value is -2.32. The molecule has 8 heteroatoms. The second-order valence-electron chi connectivity index (χ2n) is 5.68. The van der Waals surface area contributed by atoms with Crippen LogP contribution in [0.3, 0.4) is 0 Å². The van der Waals surface area contributed by atoms with E-state index in [9.17, 15) is 21.6 Å². The van der Waals surface area contributed by atoms with Crippen molar-refractivity contribution in [1.82, 2.24) is 4.31 Å². The molecule has 2 aromatic rings. The highest BCUT2D eigenvalue weighted by Crippen LogP contribution is 2.35. The minimum atomic E-state index is -4.76. The summed E-state index contributed by atoms with van der Waals surface area (Å²) in [6.07, 6.45) is -1.56. The Balaban J connectivity index is 2.07. The molecule has 0 spiro atoms. The highest BCUT2D eigenvalue weighted by atomic mass is 32.2. The quantitative estimate of drug-likeness (QED) is 0.741. The number of hydrogen-bond donors (Lipinski definition) is 0. The molecular formula is C18H16F3NO3S. The van der Waals surface area contributed by atoms with Crippen LogP contribution in [0.5, 0.6) is 5.75 Å². The summed E-state index contributed by atoms with van der Waals surface area (Å²) < 4.78 is 72.4. The van der Waals surface area contributed by atoms with Gasteiger partial charge in [0, 0.05) is 18.7 Å². The molecular weight excluding hydrogens is 367 g/mol. The van der Waals surface area contributed by atoms with E-state index in [1.54, 1.807) is 36.4 Å². The molecule has 0 bridgehead atoms. The lowest BCUT2D eigenvalue weighted by Crippen LogP contribution is -2.32. The zero-order valence-electron chi connectivity index (χ0n) is 13.6. The van der Waals surface area contributed by atoms with Gasteiger partial charge in [0.05, 0.1) is 10.5 Å². The van der Waals surface area contributed by atoms with Gasteiger partial charge in [-0.3, -0.25) is 0 Å². The van der Waals surface area contributed by atoms with Crippen molar-refractivity contribution in [2.75, 3.05) is 13.2 Å². The largest absolute Gasteiger partial charge is 0.489 e. The molecule has 0 aromatic heterocycles. The number of para-hydroxylation sites is 1. The lowest BCUT2D eigenvalue weighted by Gasteiger charge is -2.23. The summed E-state index contributed by atoms with van der Waals surface area (Å²) in [5.74, 6) is 0.503. The highest BCUT2D eigenvalue weighted by molar-refractivity contribution is 7.89. The van der Waals surface area contributed by atoms with Crippen LogP contribution in [0.4, 0.5) is 13.2 Å². The van der Waals surface area contributed by atoms with E-state index in [0.29, 0.717) is 11.3 Å². The molecule has 1 heterocycles. The smallest absolute Gasteiger partial charge is 0.417 e. The van der Waals surface area contributed by atoms with Crippen molar-refractivity contribution in [3.8, 4) is 5.75 Å². The second-order valence-corrected chi connectivity index (χ2v) is 7.59. The van der Waals surface area contributed by atoms with Gasteiger partial charge < -0.3 is 4.74 Å². The van der Waals surface area contributed by atoms with Crippen LogP contribution < -0.4 is 4.74 Å². The topological polar surface area (TPSA) is 46.6 Å². The molecule has 0 fully saturated rings. The van der Waals surface area contributed by atoms with E-state index >= 15 is 0 Å². The van der Waals surface area contributed by atoms with Crippen LogP contribution in [0, 0.1) is 0 Å². The van der Waals surface area contributed by atoms with E-state index in [0.717, 1.165) is 16.4 Å². The van der Waals surface area contributed by atoms with Crippen molar-refractivity contribution in [2.24, 2.45) is 0 Å². The maximum absolute atomic E-state index is 13.3. The maximum Gasteiger partial charge on any atom is 0.417 e. The zero-order chi connectivity index (χ0) is 18.8. The Morgan fingerprint density at radius 2 is 1.65 bits per heavy atom. The summed E-state index contributed by atoms with van der Waals surface area (Å²) in [4.78, 5) is -0.751. The predicted molar refractivity (Wildman–Crippen MR) is 90.1 cm³/mol. The van der Waals surface area contributed by atoms with Gasteiger partial charge in [0.2, 0.25) is 10.0 Å². The van der Waals surface area contributed by atoms with E-state index in [4.69, 9.17) is 4.74 Å². The Bertz CT molecular complexity index is 923.